The molecule has 0 saturated heterocycles. The third-order valence-corrected chi connectivity index (χ3v) is 0.516. The summed E-state index contributed by atoms with van der Waals surface area (Å²) in [4.78, 5) is 13.4. The highest BCUT2D eigenvalue weighted by molar-refractivity contribution is 4.47. The molecule has 0 rings (SSSR count). The second kappa shape index (κ2) is 4.89. The van der Waals surface area contributed by atoms with Crippen molar-refractivity contribution in [2.24, 2.45) is 0 Å². The zero-order chi connectivity index (χ0) is 7.11. The molecule has 0 bridgehead atoms. The van der Waals surface area contributed by atoms with E-state index < -0.39 is 5.09 Å². The van der Waals surface area contributed by atoms with Crippen molar-refractivity contribution in [3.8, 4) is 0 Å². The Morgan fingerprint density at radius 2 is 2.33 bits per heavy atom. The first-order valence-corrected chi connectivity index (χ1v) is 2.27. The van der Waals surface area contributed by atoms with Crippen LogP contribution in [0.5, 0.6) is 0 Å². The molecule has 0 spiro atoms. The summed E-state index contributed by atoms with van der Waals surface area (Å²) in [5, 5.41) is 8.60. The average Bonchev–Trinajstić information content (AvgIpc) is 1.80. The van der Waals surface area contributed by atoms with Crippen molar-refractivity contribution in [3.63, 3.8) is 0 Å². The molecule has 0 radical (unpaired) electrons. The molecule has 0 unspecified atom stereocenters. The minimum atomic E-state index is -0.869. The maximum absolute atomic E-state index is 9.46. The van der Waals surface area contributed by atoms with E-state index in [4.69, 9.17) is 0 Å². The van der Waals surface area contributed by atoms with Gasteiger partial charge < -0.3 is 9.57 Å². The van der Waals surface area contributed by atoms with Gasteiger partial charge in [-0.2, -0.15) is 0 Å². The van der Waals surface area contributed by atoms with Crippen molar-refractivity contribution in [2.75, 3.05) is 13.2 Å². The van der Waals surface area contributed by atoms with Gasteiger partial charge in [0.1, 0.15) is 13.2 Å². The lowest BCUT2D eigenvalue weighted by Crippen LogP contribution is -2.06. The minimum absolute atomic E-state index is 0.0565. The number of ether oxygens (including phenoxy) is 1. The van der Waals surface area contributed by atoms with E-state index in [1.54, 1.807) is 0 Å². The molecule has 0 aliphatic carbocycles. The van der Waals surface area contributed by atoms with Crippen LogP contribution in [0, 0.1) is 10.1 Å². The Bertz CT molecular complexity index is 103. The van der Waals surface area contributed by atoms with Gasteiger partial charge in [-0.15, -0.1) is 10.1 Å². The van der Waals surface area contributed by atoms with Crippen LogP contribution >= 0.6 is 0 Å². The second-order valence-electron chi connectivity index (χ2n) is 1.09. The van der Waals surface area contributed by atoms with E-state index in [0.717, 1.165) is 0 Å². The van der Waals surface area contributed by atoms with Crippen LogP contribution in [-0.4, -0.2) is 18.3 Å². The van der Waals surface area contributed by atoms with Crippen LogP contribution in [0.25, 0.3) is 0 Å². The zero-order valence-corrected chi connectivity index (χ0v) is 4.78. The predicted molar refractivity (Wildman–Crippen MR) is 29.1 cm³/mol. The van der Waals surface area contributed by atoms with E-state index >= 15 is 0 Å². The van der Waals surface area contributed by atoms with Gasteiger partial charge in [-0.25, -0.2) is 0 Å². The topological polar surface area (TPSA) is 61.6 Å². The molecule has 0 aliphatic heterocycles. The molecule has 0 N–H and O–H groups in total. The lowest BCUT2D eigenvalue weighted by atomic mass is 10.8. The van der Waals surface area contributed by atoms with E-state index in [9.17, 15) is 10.1 Å². The van der Waals surface area contributed by atoms with Gasteiger partial charge in [0.2, 0.25) is 0 Å². The normalized spacial score (nSPS) is 8.00. The standard InChI is InChI=1S/C4H7NO4/c1-2-8-3-4-9-5(6)7/h2H,1,3-4H2. The smallest absolute Gasteiger partial charge is 0.294 e. The number of hydrogen-bond acceptors (Lipinski definition) is 4. The summed E-state index contributed by atoms with van der Waals surface area (Å²) in [7, 11) is 0. The van der Waals surface area contributed by atoms with E-state index in [2.05, 4.69) is 16.2 Å². The van der Waals surface area contributed by atoms with Crippen molar-refractivity contribution in [2.45, 2.75) is 0 Å². The largest absolute Gasteiger partial charge is 0.500 e. The molecular formula is C4H7NO4. The molecule has 0 fully saturated rings. The molecule has 0 aliphatic rings. The summed E-state index contributed by atoms with van der Waals surface area (Å²) < 4.78 is 4.52. The Hall–Kier alpha value is -1.26. The van der Waals surface area contributed by atoms with Crippen LogP contribution in [0.4, 0.5) is 0 Å². The maximum Gasteiger partial charge on any atom is 0.294 e. The molecule has 52 valence electrons. The van der Waals surface area contributed by atoms with E-state index in [-0.39, 0.29) is 13.2 Å². The van der Waals surface area contributed by atoms with Gasteiger partial charge in [-0.3, -0.25) is 0 Å². The first-order valence-electron chi connectivity index (χ1n) is 2.27. The fraction of sp³-hybridized carbons (Fsp3) is 0.500. The van der Waals surface area contributed by atoms with Gasteiger partial charge in [0, 0.05) is 0 Å². The number of rotatable bonds is 5. The Morgan fingerprint density at radius 3 is 2.78 bits per heavy atom. The second-order valence-corrected chi connectivity index (χ2v) is 1.09. The molecule has 9 heavy (non-hydrogen) atoms. The van der Waals surface area contributed by atoms with Gasteiger partial charge in [-0.05, 0) is 0 Å². The van der Waals surface area contributed by atoms with E-state index in [1.807, 2.05) is 0 Å². The third-order valence-electron chi connectivity index (χ3n) is 0.516. The first-order chi connectivity index (χ1) is 4.27. The van der Waals surface area contributed by atoms with Crippen molar-refractivity contribution in [1.82, 2.24) is 0 Å². The summed E-state index contributed by atoms with van der Waals surface area (Å²) in [6.45, 7) is 3.33. The highest BCUT2D eigenvalue weighted by Crippen LogP contribution is 1.77. The van der Waals surface area contributed by atoms with Gasteiger partial charge >= 0.3 is 0 Å². The van der Waals surface area contributed by atoms with Gasteiger partial charge in [-0.1, -0.05) is 6.58 Å². The summed E-state index contributed by atoms with van der Waals surface area (Å²) >= 11 is 0. The highest BCUT2D eigenvalue weighted by atomic mass is 17.0. The first kappa shape index (κ1) is 7.74. The lowest BCUT2D eigenvalue weighted by Gasteiger charge is -1.96. The van der Waals surface area contributed by atoms with Crippen molar-refractivity contribution < 1.29 is 14.7 Å². The summed E-state index contributed by atoms with van der Waals surface area (Å²) in [6, 6.07) is 0. The predicted octanol–water partition coefficient (Wildman–Crippen LogP) is 0.355. The Morgan fingerprint density at radius 1 is 1.67 bits per heavy atom. The SMILES string of the molecule is C=COCCO[N+](=O)[O-]. The monoisotopic (exact) mass is 133 g/mol. The van der Waals surface area contributed by atoms with Crippen LogP contribution in [0.2, 0.25) is 0 Å². The Kier molecular flexibility index (Phi) is 4.20. The molecule has 5 heteroatoms. The van der Waals surface area contributed by atoms with Crippen LogP contribution in [0.1, 0.15) is 0 Å². The molecule has 5 nitrogen and oxygen atoms in total. The molecule has 0 atom stereocenters. The number of hydrogen-bond donors (Lipinski definition) is 0. The lowest BCUT2D eigenvalue weighted by molar-refractivity contribution is -0.758. The molecular weight excluding hydrogens is 126 g/mol. The third kappa shape index (κ3) is 6.74. The highest BCUT2D eigenvalue weighted by Gasteiger charge is 1.91. The zero-order valence-electron chi connectivity index (χ0n) is 4.78. The van der Waals surface area contributed by atoms with Gasteiger partial charge in [0.05, 0.1) is 6.26 Å². The quantitative estimate of drug-likeness (QED) is 0.235. The van der Waals surface area contributed by atoms with Gasteiger partial charge in [0.25, 0.3) is 5.09 Å². The molecule has 0 heterocycles. The molecule has 0 saturated carbocycles. The molecule has 0 aromatic heterocycles. The summed E-state index contributed by atoms with van der Waals surface area (Å²) in [5.74, 6) is 0. The van der Waals surface area contributed by atoms with Crippen LogP contribution in [-0.2, 0) is 9.57 Å². The average molecular weight is 133 g/mol. The molecule has 0 amide bonds. The van der Waals surface area contributed by atoms with Crippen LogP contribution in [0.3, 0.4) is 0 Å². The fourth-order valence-corrected chi connectivity index (χ4v) is 0.243. The Labute approximate surface area is 52.0 Å². The van der Waals surface area contributed by atoms with Crippen molar-refractivity contribution >= 4 is 0 Å². The summed E-state index contributed by atoms with van der Waals surface area (Å²) in [5.41, 5.74) is 0. The maximum atomic E-state index is 9.46. The minimum Gasteiger partial charge on any atom is -0.500 e. The van der Waals surface area contributed by atoms with Crippen LogP contribution < -0.4 is 0 Å². The molecule has 0 aromatic rings. The molecule has 0 aromatic carbocycles. The van der Waals surface area contributed by atoms with Crippen molar-refractivity contribution in [1.29, 1.82) is 0 Å². The fourth-order valence-electron chi connectivity index (χ4n) is 0.243. The van der Waals surface area contributed by atoms with Gasteiger partial charge in [0.15, 0.2) is 0 Å². The van der Waals surface area contributed by atoms with Crippen LogP contribution in [0.15, 0.2) is 12.8 Å². The van der Waals surface area contributed by atoms with E-state index in [0.29, 0.717) is 0 Å². The summed E-state index contributed by atoms with van der Waals surface area (Å²) in [6.07, 6.45) is 1.20. The number of nitrogens with zero attached hydrogens (tertiary/aromatic N) is 1. The van der Waals surface area contributed by atoms with E-state index in [1.165, 1.54) is 6.26 Å². The Balaban J connectivity index is 2.91. The van der Waals surface area contributed by atoms with Crippen molar-refractivity contribution in [3.05, 3.63) is 23.0 Å².